The summed E-state index contributed by atoms with van der Waals surface area (Å²) >= 11 is 0. The van der Waals surface area contributed by atoms with Gasteiger partial charge in [-0.2, -0.15) is 0 Å². The van der Waals surface area contributed by atoms with Crippen LogP contribution in [0, 0.1) is 13.8 Å². The molecule has 0 unspecified atom stereocenters. The lowest BCUT2D eigenvalue weighted by atomic mass is 10.1. The van der Waals surface area contributed by atoms with E-state index in [2.05, 4.69) is 10.1 Å². The minimum absolute atomic E-state index is 0.0843. The van der Waals surface area contributed by atoms with E-state index in [0.29, 0.717) is 22.4 Å². The van der Waals surface area contributed by atoms with Gasteiger partial charge in [0.15, 0.2) is 9.84 Å². The molecular weight excluding hydrogens is 342 g/mol. The van der Waals surface area contributed by atoms with Gasteiger partial charge in [-0.3, -0.25) is 4.79 Å². The van der Waals surface area contributed by atoms with Gasteiger partial charge in [-0.15, -0.1) is 0 Å². The van der Waals surface area contributed by atoms with Crippen molar-refractivity contribution in [1.29, 1.82) is 0 Å². The smallest absolute Gasteiger partial charge is 0.337 e. The lowest BCUT2D eigenvalue weighted by molar-refractivity contribution is 0.0600. The monoisotopic (exact) mass is 361 g/mol. The minimum Gasteiger partial charge on any atom is -0.465 e. The molecule has 2 aromatic rings. The van der Waals surface area contributed by atoms with Crippen LogP contribution in [0.1, 0.15) is 31.8 Å². The second-order valence-corrected chi connectivity index (χ2v) is 7.74. The SMILES string of the molecule is COC(=O)c1ccc(NC(=O)c2cc(S(C)(=O)=O)ccc2C)c(C)c1. The zero-order chi connectivity index (χ0) is 18.8. The van der Waals surface area contributed by atoms with E-state index in [0.717, 1.165) is 6.26 Å². The molecule has 1 amide bonds. The van der Waals surface area contributed by atoms with Gasteiger partial charge in [0.1, 0.15) is 0 Å². The number of carbonyl (C=O) groups excluding carboxylic acids is 2. The molecule has 0 fully saturated rings. The van der Waals surface area contributed by atoms with Gasteiger partial charge in [0.25, 0.3) is 5.91 Å². The van der Waals surface area contributed by atoms with Crippen molar-refractivity contribution in [3.63, 3.8) is 0 Å². The topological polar surface area (TPSA) is 89.5 Å². The lowest BCUT2D eigenvalue weighted by Crippen LogP contribution is -2.15. The number of methoxy groups -OCH3 is 1. The Kier molecular flexibility index (Phi) is 5.27. The van der Waals surface area contributed by atoms with Crippen molar-refractivity contribution < 1.29 is 22.7 Å². The summed E-state index contributed by atoms with van der Waals surface area (Å²) in [6.45, 7) is 3.48. The summed E-state index contributed by atoms with van der Waals surface area (Å²) in [6.07, 6.45) is 1.09. The van der Waals surface area contributed by atoms with Crippen LogP contribution in [0.3, 0.4) is 0 Å². The van der Waals surface area contributed by atoms with Crippen molar-refractivity contribution in [1.82, 2.24) is 0 Å². The fraction of sp³-hybridized carbons (Fsp3) is 0.222. The fourth-order valence-electron chi connectivity index (χ4n) is 2.31. The highest BCUT2D eigenvalue weighted by Crippen LogP contribution is 2.21. The van der Waals surface area contributed by atoms with Crippen LogP contribution in [-0.4, -0.2) is 33.7 Å². The van der Waals surface area contributed by atoms with Gasteiger partial charge in [-0.05, 0) is 55.3 Å². The Labute approximate surface area is 146 Å². The molecule has 2 aromatic carbocycles. The molecule has 0 bridgehead atoms. The van der Waals surface area contributed by atoms with Crippen LogP contribution in [0.25, 0.3) is 0 Å². The van der Waals surface area contributed by atoms with E-state index in [-0.39, 0.29) is 10.5 Å². The summed E-state index contributed by atoms with van der Waals surface area (Å²) in [6, 6.07) is 9.19. The lowest BCUT2D eigenvalue weighted by Gasteiger charge is -2.12. The standard InChI is InChI=1S/C18H19NO5S/c1-11-5-7-14(25(4,22)23)10-15(11)17(20)19-16-8-6-13(9-12(16)2)18(21)24-3/h5-10H,1-4H3,(H,19,20). The molecule has 0 radical (unpaired) electrons. The van der Waals surface area contributed by atoms with Crippen LogP contribution in [0.5, 0.6) is 0 Å². The predicted octanol–water partition coefficient (Wildman–Crippen LogP) is 2.75. The maximum atomic E-state index is 12.5. The Balaban J connectivity index is 2.33. The number of nitrogens with one attached hydrogen (secondary N) is 1. The van der Waals surface area contributed by atoms with Crippen molar-refractivity contribution in [2.45, 2.75) is 18.7 Å². The Bertz CT molecular complexity index is 948. The highest BCUT2D eigenvalue weighted by Gasteiger charge is 2.16. The van der Waals surface area contributed by atoms with Gasteiger partial charge in [0, 0.05) is 17.5 Å². The first-order valence-corrected chi connectivity index (χ1v) is 9.33. The van der Waals surface area contributed by atoms with Gasteiger partial charge < -0.3 is 10.1 Å². The second kappa shape index (κ2) is 7.06. The molecule has 0 aromatic heterocycles. The maximum Gasteiger partial charge on any atom is 0.337 e. The molecule has 0 saturated carbocycles. The van der Waals surface area contributed by atoms with E-state index in [1.165, 1.54) is 19.2 Å². The van der Waals surface area contributed by atoms with Crippen LogP contribution >= 0.6 is 0 Å². The molecule has 1 N–H and O–H groups in total. The summed E-state index contributed by atoms with van der Waals surface area (Å²) < 4.78 is 28.0. The number of anilines is 1. The molecule has 0 aliphatic heterocycles. The van der Waals surface area contributed by atoms with Crippen LogP contribution < -0.4 is 5.32 Å². The number of hydrogen-bond acceptors (Lipinski definition) is 5. The number of rotatable bonds is 4. The molecule has 132 valence electrons. The molecule has 0 spiro atoms. The summed E-state index contributed by atoms with van der Waals surface area (Å²) in [5, 5.41) is 2.74. The average molecular weight is 361 g/mol. The molecule has 0 aliphatic carbocycles. The minimum atomic E-state index is -3.41. The number of carbonyl (C=O) groups is 2. The highest BCUT2D eigenvalue weighted by atomic mass is 32.2. The van der Waals surface area contributed by atoms with E-state index in [1.807, 2.05) is 0 Å². The third kappa shape index (κ3) is 4.24. The molecule has 0 heterocycles. The van der Waals surface area contributed by atoms with E-state index in [9.17, 15) is 18.0 Å². The summed E-state index contributed by atoms with van der Waals surface area (Å²) in [4.78, 5) is 24.2. The first-order valence-electron chi connectivity index (χ1n) is 7.44. The first kappa shape index (κ1) is 18.7. The largest absolute Gasteiger partial charge is 0.465 e. The normalized spacial score (nSPS) is 11.0. The number of esters is 1. The van der Waals surface area contributed by atoms with Gasteiger partial charge in [0.2, 0.25) is 0 Å². The van der Waals surface area contributed by atoms with E-state index in [1.54, 1.807) is 38.1 Å². The summed E-state index contributed by atoms with van der Waals surface area (Å²) in [7, 11) is -2.11. The Morgan fingerprint density at radius 3 is 2.24 bits per heavy atom. The highest BCUT2D eigenvalue weighted by molar-refractivity contribution is 7.90. The third-order valence-corrected chi connectivity index (χ3v) is 4.89. The summed E-state index contributed by atoms with van der Waals surface area (Å²) in [5.74, 6) is -0.880. The molecule has 0 atom stereocenters. The molecule has 7 heteroatoms. The number of hydrogen-bond donors (Lipinski definition) is 1. The average Bonchev–Trinajstić information content (AvgIpc) is 2.55. The van der Waals surface area contributed by atoms with Gasteiger partial charge in [-0.1, -0.05) is 6.07 Å². The molecule has 0 saturated heterocycles. The summed E-state index contributed by atoms with van der Waals surface area (Å²) in [5.41, 5.74) is 2.54. The van der Waals surface area contributed by atoms with Crippen molar-refractivity contribution in [3.05, 3.63) is 58.7 Å². The van der Waals surface area contributed by atoms with Crippen LogP contribution in [0.4, 0.5) is 5.69 Å². The van der Waals surface area contributed by atoms with Crippen molar-refractivity contribution in [2.75, 3.05) is 18.7 Å². The van der Waals surface area contributed by atoms with Crippen LogP contribution in [0.2, 0.25) is 0 Å². The Morgan fingerprint density at radius 2 is 1.68 bits per heavy atom. The number of sulfone groups is 1. The Hall–Kier alpha value is -2.67. The molecular formula is C18H19NO5S. The van der Waals surface area contributed by atoms with Crippen molar-refractivity contribution >= 4 is 27.4 Å². The zero-order valence-corrected chi connectivity index (χ0v) is 15.2. The molecule has 0 aliphatic rings. The van der Waals surface area contributed by atoms with E-state index >= 15 is 0 Å². The van der Waals surface area contributed by atoms with Gasteiger partial charge in [-0.25, -0.2) is 13.2 Å². The van der Waals surface area contributed by atoms with E-state index in [4.69, 9.17) is 0 Å². The quantitative estimate of drug-likeness (QED) is 0.846. The number of ether oxygens (including phenoxy) is 1. The number of aryl methyl sites for hydroxylation is 2. The molecule has 2 rings (SSSR count). The zero-order valence-electron chi connectivity index (χ0n) is 14.4. The van der Waals surface area contributed by atoms with Crippen LogP contribution in [0.15, 0.2) is 41.3 Å². The number of benzene rings is 2. The van der Waals surface area contributed by atoms with Crippen molar-refractivity contribution in [2.24, 2.45) is 0 Å². The van der Waals surface area contributed by atoms with E-state index < -0.39 is 21.7 Å². The molecule has 25 heavy (non-hydrogen) atoms. The van der Waals surface area contributed by atoms with Crippen LogP contribution in [-0.2, 0) is 14.6 Å². The number of amides is 1. The maximum absolute atomic E-state index is 12.5. The van der Waals surface area contributed by atoms with Crippen molar-refractivity contribution in [3.8, 4) is 0 Å². The first-order chi connectivity index (χ1) is 11.6. The van der Waals surface area contributed by atoms with Gasteiger partial charge >= 0.3 is 5.97 Å². The Morgan fingerprint density at radius 1 is 1.00 bits per heavy atom. The third-order valence-electron chi connectivity index (χ3n) is 3.78. The van der Waals surface area contributed by atoms with Gasteiger partial charge in [0.05, 0.1) is 17.6 Å². The predicted molar refractivity (Wildman–Crippen MR) is 94.8 cm³/mol. The molecule has 6 nitrogen and oxygen atoms in total. The second-order valence-electron chi connectivity index (χ2n) is 5.72. The fourth-order valence-corrected chi connectivity index (χ4v) is 2.96.